The lowest BCUT2D eigenvalue weighted by Gasteiger charge is -1.92. The first-order chi connectivity index (χ1) is 5.79. The van der Waals surface area contributed by atoms with Crippen LogP contribution in [0.4, 0.5) is 5.69 Å². The van der Waals surface area contributed by atoms with Crippen molar-refractivity contribution in [2.24, 2.45) is 4.99 Å². The summed E-state index contributed by atoms with van der Waals surface area (Å²) in [6.45, 7) is 0. The summed E-state index contributed by atoms with van der Waals surface area (Å²) in [5, 5.41) is 0. The number of fused-ring (bicyclic) bond motifs is 1. The second kappa shape index (κ2) is 2.84. The zero-order valence-electron chi connectivity index (χ0n) is 5.97. The molecule has 0 saturated carbocycles. The molecule has 1 unspecified atom stereocenters. The van der Waals surface area contributed by atoms with E-state index in [2.05, 4.69) is 4.99 Å². The summed E-state index contributed by atoms with van der Waals surface area (Å²) in [6, 6.07) is 7.27. The maximum Gasteiger partial charge on any atom is 0.250 e. The van der Waals surface area contributed by atoms with Crippen molar-refractivity contribution >= 4 is 30.0 Å². The number of hydrogen-bond donors (Lipinski definition) is 0. The van der Waals surface area contributed by atoms with Crippen LogP contribution in [0.1, 0.15) is 0 Å². The topological polar surface area (TPSA) is 46.5 Å². The predicted molar refractivity (Wildman–Crippen MR) is 49.1 cm³/mol. The lowest BCUT2D eigenvalue weighted by Crippen LogP contribution is -1.86. The van der Waals surface area contributed by atoms with Gasteiger partial charge in [0.05, 0.1) is 11.2 Å². The number of aliphatic imine (C=N–C) groups is 1. The van der Waals surface area contributed by atoms with Gasteiger partial charge in [-0.05, 0) is 12.1 Å². The predicted octanol–water partition coefficient (Wildman–Crippen LogP) is 1.13. The Bertz CT molecular complexity index is 480. The second-order valence-corrected chi connectivity index (χ2v) is 5.75. The second-order valence-electron chi connectivity index (χ2n) is 2.20. The molecule has 1 aromatic rings. The van der Waals surface area contributed by atoms with Crippen molar-refractivity contribution in [1.82, 2.24) is 0 Å². The Labute approximate surface area is 72.9 Å². The highest BCUT2D eigenvalue weighted by Gasteiger charge is 2.11. The third kappa shape index (κ3) is 1.11. The maximum absolute atomic E-state index is 10.7. The molecule has 0 radical (unpaired) electrons. The van der Waals surface area contributed by atoms with Crippen LogP contribution < -0.4 is 0 Å². The van der Waals surface area contributed by atoms with E-state index in [1.807, 2.05) is 18.2 Å². The first-order valence-electron chi connectivity index (χ1n) is 3.25. The van der Waals surface area contributed by atoms with E-state index in [1.165, 1.54) is 5.55 Å². The molecule has 0 spiro atoms. The van der Waals surface area contributed by atoms with Gasteiger partial charge in [-0.3, -0.25) is 0 Å². The zero-order valence-corrected chi connectivity index (χ0v) is 7.60. The van der Waals surface area contributed by atoms with Crippen LogP contribution >= 0.6 is 0 Å². The van der Waals surface area contributed by atoms with Gasteiger partial charge < -0.3 is 0 Å². The van der Waals surface area contributed by atoms with Gasteiger partial charge >= 0.3 is 0 Å². The molecule has 3 nitrogen and oxygen atoms in total. The molecule has 0 fully saturated rings. The minimum absolute atomic E-state index is 0.769. The first kappa shape index (κ1) is 7.70. The van der Waals surface area contributed by atoms with Gasteiger partial charge in [-0.25, -0.2) is 4.99 Å². The van der Waals surface area contributed by atoms with Gasteiger partial charge in [-0.15, -0.1) is 0 Å². The van der Waals surface area contributed by atoms with Gasteiger partial charge in [0.25, 0.3) is 9.26 Å². The fourth-order valence-electron chi connectivity index (χ4n) is 1.00. The molecule has 1 aliphatic rings. The smallest absolute Gasteiger partial charge is 0.248 e. The van der Waals surface area contributed by atoms with E-state index in [0.717, 1.165) is 10.6 Å². The standard InChI is InChI=1S/C7H5NO2S2/c9-12(10)11-5-8-6-3-1-2-4-7(6)11/h1-5H. The summed E-state index contributed by atoms with van der Waals surface area (Å²) in [7, 11) is -2.90. The summed E-state index contributed by atoms with van der Waals surface area (Å²) in [5.74, 6) is 0. The van der Waals surface area contributed by atoms with Gasteiger partial charge in [0.15, 0.2) is 0 Å². The van der Waals surface area contributed by atoms with Gasteiger partial charge in [0, 0.05) is 14.3 Å². The Morgan fingerprint density at radius 3 is 2.75 bits per heavy atom. The van der Waals surface area contributed by atoms with Crippen molar-refractivity contribution in [1.29, 1.82) is 0 Å². The molecule has 12 heavy (non-hydrogen) atoms. The Hall–Kier alpha value is -0.940. The fourth-order valence-corrected chi connectivity index (χ4v) is 3.29. The quantitative estimate of drug-likeness (QED) is 0.628. The average Bonchev–Trinajstić information content (AvgIpc) is 2.47. The number of hydrogen-bond acceptors (Lipinski definition) is 3. The summed E-state index contributed by atoms with van der Waals surface area (Å²) in [4.78, 5) is 4.79. The minimum atomic E-state index is -2.07. The van der Waals surface area contributed by atoms with Crippen LogP contribution in [0.15, 0.2) is 34.2 Å². The third-order valence-corrected chi connectivity index (χ3v) is 4.56. The molecule has 0 amide bonds. The molecule has 0 saturated heterocycles. The zero-order chi connectivity index (χ0) is 8.55. The van der Waals surface area contributed by atoms with Crippen LogP contribution in [0.3, 0.4) is 0 Å². The van der Waals surface area contributed by atoms with Crippen LogP contribution in [-0.4, -0.2) is 14.0 Å². The molecule has 0 N–H and O–H groups in total. The van der Waals surface area contributed by atoms with E-state index in [1.54, 1.807) is 6.07 Å². The van der Waals surface area contributed by atoms with Crippen LogP contribution in [0.5, 0.6) is 0 Å². The highest BCUT2D eigenvalue weighted by molar-refractivity contribution is 8.41. The van der Waals surface area contributed by atoms with Crippen molar-refractivity contribution in [3.63, 3.8) is 0 Å². The van der Waals surface area contributed by atoms with E-state index in [-0.39, 0.29) is 0 Å². The Balaban J connectivity index is 2.81. The monoisotopic (exact) mass is 199 g/mol. The lowest BCUT2D eigenvalue weighted by atomic mass is 10.3. The van der Waals surface area contributed by atoms with E-state index < -0.39 is 18.7 Å². The van der Waals surface area contributed by atoms with Gasteiger partial charge in [0.2, 0.25) is 0 Å². The molecule has 0 bridgehead atoms. The summed E-state index contributed by atoms with van der Waals surface area (Å²) in [6.07, 6.45) is 0. The molecular formula is C7H5NO2S2. The first-order valence-corrected chi connectivity index (χ1v) is 6.13. The summed E-state index contributed by atoms with van der Waals surface area (Å²) in [5.41, 5.74) is 2.25. The molecule has 1 aromatic carbocycles. The van der Waals surface area contributed by atoms with Gasteiger partial charge in [-0.1, -0.05) is 12.1 Å². The Morgan fingerprint density at radius 2 is 2.00 bits per heavy atom. The van der Waals surface area contributed by atoms with Crippen LogP contribution in [0.2, 0.25) is 0 Å². The van der Waals surface area contributed by atoms with Gasteiger partial charge in [0.1, 0.15) is 0 Å². The van der Waals surface area contributed by atoms with E-state index in [0.29, 0.717) is 0 Å². The van der Waals surface area contributed by atoms with Crippen molar-refractivity contribution < 1.29 is 8.42 Å². The molecule has 1 atom stereocenters. The summed E-state index contributed by atoms with van der Waals surface area (Å²) >= 11 is 0. The van der Waals surface area contributed by atoms with Gasteiger partial charge in [-0.2, -0.15) is 8.42 Å². The molecule has 1 aliphatic heterocycles. The SMILES string of the molecule is O=S(=O)=S1C=Nc2ccccc21. The average molecular weight is 199 g/mol. The van der Waals surface area contributed by atoms with Crippen LogP contribution in [0, 0.1) is 0 Å². The number of benzene rings is 1. The highest BCUT2D eigenvalue weighted by atomic mass is 32.9. The molecule has 0 aliphatic carbocycles. The van der Waals surface area contributed by atoms with E-state index in [4.69, 9.17) is 0 Å². The molecular weight excluding hydrogens is 194 g/mol. The lowest BCUT2D eigenvalue weighted by molar-refractivity contribution is 0.628. The molecule has 62 valence electrons. The molecule has 2 rings (SSSR count). The van der Waals surface area contributed by atoms with E-state index in [9.17, 15) is 8.42 Å². The van der Waals surface area contributed by atoms with Crippen molar-refractivity contribution in [3.05, 3.63) is 24.3 Å². The van der Waals surface area contributed by atoms with Crippen molar-refractivity contribution in [2.45, 2.75) is 4.90 Å². The highest BCUT2D eigenvalue weighted by Crippen LogP contribution is 2.26. The number of para-hydroxylation sites is 1. The molecule has 1 heterocycles. The molecule has 0 aromatic heterocycles. The Morgan fingerprint density at radius 1 is 1.25 bits per heavy atom. The largest absolute Gasteiger partial charge is 0.250 e. The van der Waals surface area contributed by atoms with E-state index >= 15 is 0 Å². The van der Waals surface area contributed by atoms with Crippen molar-refractivity contribution in [2.75, 3.05) is 0 Å². The Kier molecular flexibility index (Phi) is 1.82. The van der Waals surface area contributed by atoms with Crippen molar-refractivity contribution in [3.8, 4) is 0 Å². The normalized spacial score (nSPS) is 19.2. The van der Waals surface area contributed by atoms with Crippen LogP contribution in [-0.2, 0) is 18.7 Å². The number of rotatable bonds is 0. The summed E-state index contributed by atoms with van der Waals surface area (Å²) < 4.78 is 21.4. The maximum atomic E-state index is 10.7. The molecule has 5 heteroatoms. The van der Waals surface area contributed by atoms with Crippen LogP contribution in [0.25, 0.3) is 0 Å². The third-order valence-electron chi connectivity index (χ3n) is 1.52. The fraction of sp³-hybridized carbons (Fsp3) is 0. The number of nitrogens with zero attached hydrogens (tertiary/aromatic N) is 1. The minimum Gasteiger partial charge on any atom is -0.248 e.